The third-order valence-electron chi connectivity index (χ3n) is 3.39. The molecule has 0 heterocycles. The molecule has 0 aliphatic heterocycles. The number of ketones is 1. The van der Waals surface area contributed by atoms with Gasteiger partial charge in [-0.05, 0) is 27.2 Å². The normalized spacial score (nSPS) is 11.0. The molecule has 1 rings (SSSR count). The Morgan fingerprint density at radius 2 is 1.64 bits per heavy atom. The summed E-state index contributed by atoms with van der Waals surface area (Å²) >= 11 is 0. The van der Waals surface area contributed by atoms with Gasteiger partial charge in [0.05, 0.1) is 0 Å². The number of carboxylic acid groups (broad SMARTS) is 1. The van der Waals surface area contributed by atoms with E-state index in [0.29, 0.717) is 12.0 Å². The van der Waals surface area contributed by atoms with Crippen LogP contribution < -0.4 is 5.32 Å². The number of nitrogens with one attached hydrogen (secondary N) is 1. The minimum atomic E-state index is -0.892. The number of aryl methyl sites for hydroxylation is 1. The maximum atomic E-state index is 12.0. The molecule has 0 saturated heterocycles. The number of amides is 1. The van der Waals surface area contributed by atoms with Crippen LogP contribution in [0.4, 0.5) is 0 Å². The molecule has 5 heteroatoms. The first-order valence-electron chi connectivity index (χ1n) is 7.32. The van der Waals surface area contributed by atoms with Crippen molar-refractivity contribution in [3.8, 4) is 0 Å². The van der Waals surface area contributed by atoms with Crippen LogP contribution in [-0.2, 0) is 9.59 Å². The SMILES string of the molecule is Cc1ccc(C(=O)CCC(=O)NC(C)(C)CCC(=O)O)cc1. The van der Waals surface area contributed by atoms with E-state index in [0.717, 1.165) is 5.56 Å². The molecule has 1 aromatic rings. The zero-order valence-electron chi connectivity index (χ0n) is 13.3. The van der Waals surface area contributed by atoms with Gasteiger partial charge < -0.3 is 10.4 Å². The van der Waals surface area contributed by atoms with Crippen LogP contribution in [-0.4, -0.2) is 28.3 Å². The third-order valence-corrected chi connectivity index (χ3v) is 3.39. The molecule has 22 heavy (non-hydrogen) atoms. The third kappa shape index (κ3) is 6.52. The molecule has 0 aromatic heterocycles. The van der Waals surface area contributed by atoms with E-state index in [1.54, 1.807) is 26.0 Å². The van der Waals surface area contributed by atoms with Gasteiger partial charge in [-0.25, -0.2) is 0 Å². The average molecular weight is 305 g/mol. The Labute approximate surface area is 130 Å². The van der Waals surface area contributed by atoms with E-state index in [-0.39, 0.29) is 31.0 Å². The minimum Gasteiger partial charge on any atom is -0.481 e. The highest BCUT2D eigenvalue weighted by Gasteiger charge is 2.21. The van der Waals surface area contributed by atoms with Gasteiger partial charge in [0.2, 0.25) is 5.91 Å². The van der Waals surface area contributed by atoms with Crippen LogP contribution >= 0.6 is 0 Å². The number of carbonyl (C=O) groups is 3. The van der Waals surface area contributed by atoms with Gasteiger partial charge in [0.15, 0.2) is 5.78 Å². The predicted octanol–water partition coefficient (Wildman–Crippen LogP) is 2.72. The van der Waals surface area contributed by atoms with E-state index in [1.807, 2.05) is 19.1 Å². The van der Waals surface area contributed by atoms with Gasteiger partial charge in [0.1, 0.15) is 0 Å². The number of aliphatic carboxylic acids is 1. The summed E-state index contributed by atoms with van der Waals surface area (Å²) in [5.41, 5.74) is 1.08. The Morgan fingerprint density at radius 3 is 2.18 bits per heavy atom. The van der Waals surface area contributed by atoms with Crippen LogP contribution in [0.1, 0.15) is 55.5 Å². The molecule has 0 bridgehead atoms. The van der Waals surface area contributed by atoms with Gasteiger partial charge in [-0.2, -0.15) is 0 Å². The van der Waals surface area contributed by atoms with Crippen molar-refractivity contribution in [1.82, 2.24) is 5.32 Å². The summed E-state index contributed by atoms with van der Waals surface area (Å²) in [7, 11) is 0. The highest BCUT2D eigenvalue weighted by molar-refractivity contribution is 5.98. The number of carbonyl (C=O) groups excluding carboxylic acids is 2. The summed E-state index contributed by atoms with van der Waals surface area (Å²) < 4.78 is 0. The molecule has 0 unspecified atom stereocenters. The molecular weight excluding hydrogens is 282 g/mol. The molecule has 1 amide bonds. The lowest BCUT2D eigenvalue weighted by molar-refractivity contribution is -0.137. The van der Waals surface area contributed by atoms with Gasteiger partial charge in [-0.15, -0.1) is 0 Å². The summed E-state index contributed by atoms with van der Waals surface area (Å²) in [5.74, 6) is -1.20. The van der Waals surface area contributed by atoms with E-state index >= 15 is 0 Å². The number of hydrogen-bond acceptors (Lipinski definition) is 3. The smallest absolute Gasteiger partial charge is 0.303 e. The Hall–Kier alpha value is -2.17. The van der Waals surface area contributed by atoms with Crippen LogP contribution in [0.2, 0.25) is 0 Å². The second kappa shape index (κ2) is 7.73. The van der Waals surface area contributed by atoms with Gasteiger partial charge >= 0.3 is 5.97 Å². The largest absolute Gasteiger partial charge is 0.481 e. The van der Waals surface area contributed by atoms with Crippen molar-refractivity contribution in [2.75, 3.05) is 0 Å². The lowest BCUT2D eigenvalue weighted by atomic mass is 9.97. The molecule has 0 atom stereocenters. The lowest BCUT2D eigenvalue weighted by Crippen LogP contribution is -2.43. The molecule has 0 radical (unpaired) electrons. The standard InChI is InChI=1S/C17H23NO4/c1-12-4-6-13(7-5-12)14(19)8-9-15(20)18-17(2,3)11-10-16(21)22/h4-7H,8-11H2,1-3H3,(H,18,20)(H,21,22). The minimum absolute atomic E-state index is 0.00439. The van der Waals surface area contributed by atoms with Crippen molar-refractivity contribution < 1.29 is 19.5 Å². The van der Waals surface area contributed by atoms with E-state index < -0.39 is 11.5 Å². The summed E-state index contributed by atoms with van der Waals surface area (Å²) in [5, 5.41) is 11.4. The zero-order chi connectivity index (χ0) is 16.8. The second-order valence-electron chi connectivity index (χ2n) is 6.12. The van der Waals surface area contributed by atoms with Crippen LogP contribution in [0.15, 0.2) is 24.3 Å². The van der Waals surface area contributed by atoms with Crippen LogP contribution in [0.3, 0.4) is 0 Å². The van der Waals surface area contributed by atoms with Crippen molar-refractivity contribution >= 4 is 17.7 Å². The summed E-state index contributed by atoms with van der Waals surface area (Å²) in [6.07, 6.45) is 0.586. The van der Waals surface area contributed by atoms with Gasteiger partial charge in [-0.3, -0.25) is 14.4 Å². The number of hydrogen-bond donors (Lipinski definition) is 2. The maximum Gasteiger partial charge on any atom is 0.303 e. The van der Waals surface area contributed by atoms with E-state index in [1.165, 1.54) is 0 Å². The molecule has 0 saturated carbocycles. The average Bonchev–Trinajstić information content (AvgIpc) is 2.43. The zero-order valence-corrected chi connectivity index (χ0v) is 13.3. The van der Waals surface area contributed by atoms with Crippen molar-refractivity contribution in [2.45, 2.75) is 52.0 Å². The number of Topliss-reactive ketones (excluding diaryl/α,β-unsaturated/α-hetero) is 1. The van der Waals surface area contributed by atoms with E-state index in [4.69, 9.17) is 5.11 Å². The summed E-state index contributed by atoms with van der Waals surface area (Å²) in [6, 6.07) is 7.24. The number of carboxylic acids is 1. The Kier molecular flexibility index (Phi) is 6.28. The van der Waals surface area contributed by atoms with Crippen LogP contribution in [0.5, 0.6) is 0 Å². The summed E-state index contributed by atoms with van der Waals surface area (Å²) in [6.45, 7) is 5.49. The Morgan fingerprint density at radius 1 is 1.05 bits per heavy atom. The number of benzene rings is 1. The fourth-order valence-electron chi connectivity index (χ4n) is 2.03. The molecule has 0 spiro atoms. The fourth-order valence-corrected chi connectivity index (χ4v) is 2.03. The molecule has 0 aliphatic rings. The molecule has 2 N–H and O–H groups in total. The van der Waals surface area contributed by atoms with Crippen molar-refractivity contribution in [3.05, 3.63) is 35.4 Å². The van der Waals surface area contributed by atoms with Crippen LogP contribution in [0.25, 0.3) is 0 Å². The van der Waals surface area contributed by atoms with Crippen molar-refractivity contribution in [1.29, 1.82) is 0 Å². The molecule has 1 aromatic carbocycles. The summed E-state index contributed by atoms with van der Waals surface area (Å²) in [4.78, 5) is 34.4. The van der Waals surface area contributed by atoms with Crippen molar-refractivity contribution in [2.24, 2.45) is 0 Å². The molecule has 5 nitrogen and oxygen atoms in total. The highest BCUT2D eigenvalue weighted by Crippen LogP contribution is 2.13. The first-order valence-corrected chi connectivity index (χ1v) is 7.32. The maximum absolute atomic E-state index is 12.0. The Balaban J connectivity index is 2.43. The molecule has 120 valence electrons. The molecule has 0 fully saturated rings. The molecular formula is C17H23NO4. The second-order valence-corrected chi connectivity index (χ2v) is 6.12. The van der Waals surface area contributed by atoms with E-state index in [9.17, 15) is 14.4 Å². The lowest BCUT2D eigenvalue weighted by Gasteiger charge is -2.25. The van der Waals surface area contributed by atoms with Crippen LogP contribution in [0, 0.1) is 6.92 Å². The topological polar surface area (TPSA) is 83.5 Å². The molecule has 0 aliphatic carbocycles. The van der Waals surface area contributed by atoms with Crippen molar-refractivity contribution in [3.63, 3.8) is 0 Å². The first kappa shape index (κ1) is 17.9. The number of rotatable bonds is 8. The quantitative estimate of drug-likeness (QED) is 0.723. The highest BCUT2D eigenvalue weighted by atomic mass is 16.4. The van der Waals surface area contributed by atoms with Gasteiger partial charge in [0, 0.05) is 30.4 Å². The Bertz CT molecular complexity index is 546. The van der Waals surface area contributed by atoms with E-state index in [2.05, 4.69) is 5.32 Å². The fraction of sp³-hybridized carbons (Fsp3) is 0.471. The monoisotopic (exact) mass is 305 g/mol. The van der Waals surface area contributed by atoms with Gasteiger partial charge in [-0.1, -0.05) is 29.8 Å². The first-order chi connectivity index (χ1) is 10.2. The van der Waals surface area contributed by atoms with Gasteiger partial charge in [0.25, 0.3) is 0 Å². The predicted molar refractivity (Wildman–Crippen MR) is 83.8 cm³/mol.